The van der Waals surface area contributed by atoms with E-state index in [9.17, 15) is 14.4 Å². The second-order valence-corrected chi connectivity index (χ2v) is 8.39. The Hall–Kier alpha value is -2.41. The molecule has 0 aliphatic carbocycles. The Bertz CT molecular complexity index is 708. The van der Waals surface area contributed by atoms with Gasteiger partial charge in [0.25, 0.3) is 5.91 Å². The first-order valence-corrected chi connectivity index (χ1v) is 11.0. The van der Waals surface area contributed by atoms with Crippen LogP contribution in [0.2, 0.25) is 0 Å². The fraction of sp³-hybridized carbons (Fsp3) is 0.609. The van der Waals surface area contributed by atoms with Gasteiger partial charge in [-0.05, 0) is 44.4 Å². The summed E-state index contributed by atoms with van der Waals surface area (Å²) in [6, 6.07) is 8.57. The maximum absolute atomic E-state index is 13.1. The highest BCUT2D eigenvalue weighted by atomic mass is 16.2. The van der Waals surface area contributed by atoms with Crippen LogP contribution < -0.4 is 11.1 Å². The third-order valence-electron chi connectivity index (χ3n) is 5.58. The normalized spacial score (nSPS) is 17.7. The monoisotopic (exact) mass is 416 g/mol. The number of carbonyl (C=O) groups excluding carboxylic acids is 3. The van der Waals surface area contributed by atoms with Gasteiger partial charge in [0.1, 0.15) is 6.04 Å². The Morgan fingerprint density at radius 3 is 2.40 bits per heavy atom. The second kappa shape index (κ2) is 11.7. The molecule has 2 rings (SSSR count). The molecule has 7 nitrogen and oxygen atoms in total. The van der Waals surface area contributed by atoms with Gasteiger partial charge in [0, 0.05) is 37.7 Å². The molecule has 166 valence electrons. The number of nitrogens with zero attached hydrogens (tertiary/aromatic N) is 2. The summed E-state index contributed by atoms with van der Waals surface area (Å²) < 4.78 is 0. The molecule has 1 aliphatic rings. The van der Waals surface area contributed by atoms with Gasteiger partial charge in [-0.2, -0.15) is 0 Å². The van der Waals surface area contributed by atoms with Gasteiger partial charge in [-0.1, -0.05) is 38.5 Å². The van der Waals surface area contributed by atoms with E-state index in [0.29, 0.717) is 38.2 Å². The van der Waals surface area contributed by atoms with Gasteiger partial charge in [0.05, 0.1) is 0 Å². The number of carbonyl (C=O) groups is 3. The average Bonchev–Trinajstić information content (AvgIpc) is 2.74. The van der Waals surface area contributed by atoms with Crippen LogP contribution in [0, 0.1) is 5.92 Å². The van der Waals surface area contributed by atoms with Crippen LogP contribution in [0.25, 0.3) is 0 Å². The quantitative estimate of drug-likeness (QED) is 0.602. The fourth-order valence-corrected chi connectivity index (χ4v) is 3.77. The molecule has 0 aromatic heterocycles. The molecule has 1 saturated heterocycles. The lowest BCUT2D eigenvalue weighted by molar-refractivity contribution is -0.139. The van der Waals surface area contributed by atoms with Crippen molar-refractivity contribution in [1.82, 2.24) is 15.1 Å². The average molecular weight is 417 g/mol. The standard InChI is InChI=1S/C23H36N4O3/c1-17(2)21(25-20(28)12-8-5-9-13-24)23(30)26-14-15-27(18(3)16-26)22(29)19-10-6-4-7-11-19/h4,6-7,10-11,17-18,21H,5,8-9,12-16,24H2,1-3H3,(H,25,28). The van der Waals surface area contributed by atoms with E-state index in [-0.39, 0.29) is 29.7 Å². The zero-order valence-electron chi connectivity index (χ0n) is 18.5. The summed E-state index contributed by atoms with van der Waals surface area (Å²) in [4.78, 5) is 41.8. The fourth-order valence-electron chi connectivity index (χ4n) is 3.77. The molecule has 3 N–H and O–H groups in total. The largest absolute Gasteiger partial charge is 0.344 e. The van der Waals surface area contributed by atoms with Crippen molar-refractivity contribution < 1.29 is 14.4 Å². The molecule has 0 radical (unpaired) electrons. The first-order chi connectivity index (χ1) is 14.3. The summed E-state index contributed by atoms with van der Waals surface area (Å²) in [5.41, 5.74) is 6.14. The molecule has 3 amide bonds. The highest BCUT2D eigenvalue weighted by Crippen LogP contribution is 2.17. The van der Waals surface area contributed by atoms with Crippen LogP contribution >= 0.6 is 0 Å². The summed E-state index contributed by atoms with van der Waals surface area (Å²) in [5.74, 6) is -0.185. The highest BCUT2D eigenvalue weighted by Gasteiger charge is 2.34. The van der Waals surface area contributed by atoms with Gasteiger partial charge in [0.2, 0.25) is 11.8 Å². The predicted octanol–water partition coefficient (Wildman–Crippen LogP) is 2.02. The molecule has 2 unspecified atom stereocenters. The molecule has 7 heteroatoms. The number of benzene rings is 1. The van der Waals surface area contributed by atoms with Crippen LogP contribution in [-0.2, 0) is 9.59 Å². The van der Waals surface area contributed by atoms with Crippen LogP contribution in [0.15, 0.2) is 30.3 Å². The molecule has 0 saturated carbocycles. The Balaban J connectivity index is 1.93. The minimum Gasteiger partial charge on any atom is -0.344 e. The topological polar surface area (TPSA) is 95.7 Å². The molecule has 1 aliphatic heterocycles. The summed E-state index contributed by atoms with van der Waals surface area (Å²) in [5, 5.41) is 2.92. The predicted molar refractivity (Wildman–Crippen MR) is 118 cm³/mol. The number of hydrogen-bond donors (Lipinski definition) is 2. The minimum absolute atomic E-state index is 0.00946. The highest BCUT2D eigenvalue weighted by molar-refractivity contribution is 5.94. The molecular weight excluding hydrogens is 380 g/mol. The zero-order valence-corrected chi connectivity index (χ0v) is 18.5. The van der Waals surface area contributed by atoms with E-state index in [1.54, 1.807) is 4.90 Å². The Morgan fingerprint density at radius 1 is 1.10 bits per heavy atom. The lowest BCUT2D eigenvalue weighted by Gasteiger charge is -2.41. The van der Waals surface area contributed by atoms with Gasteiger partial charge in [-0.3, -0.25) is 14.4 Å². The number of hydrogen-bond acceptors (Lipinski definition) is 4. The van der Waals surface area contributed by atoms with Crippen molar-refractivity contribution in [2.45, 2.75) is 58.5 Å². The summed E-state index contributed by atoms with van der Waals surface area (Å²) in [6.07, 6.45) is 3.01. The van der Waals surface area contributed by atoms with E-state index in [1.807, 2.05) is 56.0 Å². The lowest BCUT2D eigenvalue weighted by Crippen LogP contribution is -2.59. The maximum Gasteiger partial charge on any atom is 0.254 e. The number of nitrogens with two attached hydrogens (primary N) is 1. The van der Waals surface area contributed by atoms with Gasteiger partial charge in [0.15, 0.2) is 0 Å². The summed E-state index contributed by atoms with van der Waals surface area (Å²) in [6.45, 7) is 7.89. The Kier molecular flexibility index (Phi) is 9.30. The first-order valence-electron chi connectivity index (χ1n) is 11.0. The molecule has 1 aromatic rings. The smallest absolute Gasteiger partial charge is 0.254 e. The Labute approximate surface area is 180 Å². The zero-order chi connectivity index (χ0) is 22.1. The van der Waals surface area contributed by atoms with Crippen LogP contribution in [0.1, 0.15) is 56.8 Å². The second-order valence-electron chi connectivity index (χ2n) is 8.39. The van der Waals surface area contributed by atoms with Crippen molar-refractivity contribution in [3.05, 3.63) is 35.9 Å². The third kappa shape index (κ3) is 6.55. The molecule has 1 heterocycles. The molecule has 1 aromatic carbocycles. The number of piperazine rings is 1. The number of nitrogens with one attached hydrogen (secondary N) is 1. The molecule has 2 atom stereocenters. The SMILES string of the molecule is CC(C)C(NC(=O)CCCCCN)C(=O)N1CCN(C(=O)c2ccccc2)C(C)C1. The van der Waals surface area contributed by atoms with Crippen molar-refractivity contribution in [3.8, 4) is 0 Å². The first kappa shape index (κ1) is 23.9. The van der Waals surface area contributed by atoms with Crippen molar-refractivity contribution >= 4 is 17.7 Å². The number of unbranched alkanes of at least 4 members (excludes halogenated alkanes) is 2. The van der Waals surface area contributed by atoms with Crippen molar-refractivity contribution in [2.24, 2.45) is 11.7 Å². The van der Waals surface area contributed by atoms with Gasteiger partial charge < -0.3 is 20.9 Å². The van der Waals surface area contributed by atoms with Crippen molar-refractivity contribution in [3.63, 3.8) is 0 Å². The van der Waals surface area contributed by atoms with E-state index >= 15 is 0 Å². The van der Waals surface area contributed by atoms with E-state index in [4.69, 9.17) is 5.73 Å². The third-order valence-corrected chi connectivity index (χ3v) is 5.58. The van der Waals surface area contributed by atoms with E-state index < -0.39 is 6.04 Å². The van der Waals surface area contributed by atoms with Crippen LogP contribution in [-0.4, -0.2) is 65.8 Å². The van der Waals surface area contributed by atoms with Gasteiger partial charge >= 0.3 is 0 Å². The summed E-state index contributed by atoms with van der Waals surface area (Å²) >= 11 is 0. The molecular formula is C23H36N4O3. The Morgan fingerprint density at radius 2 is 1.80 bits per heavy atom. The lowest BCUT2D eigenvalue weighted by atomic mass is 10.0. The maximum atomic E-state index is 13.1. The molecule has 0 bridgehead atoms. The van der Waals surface area contributed by atoms with E-state index in [1.165, 1.54) is 0 Å². The van der Waals surface area contributed by atoms with Crippen LogP contribution in [0.5, 0.6) is 0 Å². The van der Waals surface area contributed by atoms with Crippen molar-refractivity contribution in [2.75, 3.05) is 26.2 Å². The number of rotatable bonds is 9. The molecule has 30 heavy (non-hydrogen) atoms. The number of amides is 3. The minimum atomic E-state index is -0.546. The summed E-state index contributed by atoms with van der Waals surface area (Å²) in [7, 11) is 0. The van der Waals surface area contributed by atoms with Gasteiger partial charge in [-0.15, -0.1) is 0 Å². The van der Waals surface area contributed by atoms with Crippen molar-refractivity contribution in [1.29, 1.82) is 0 Å². The molecule has 1 fully saturated rings. The van der Waals surface area contributed by atoms with Crippen LogP contribution in [0.3, 0.4) is 0 Å². The van der Waals surface area contributed by atoms with E-state index in [0.717, 1.165) is 19.3 Å². The molecule has 0 spiro atoms. The van der Waals surface area contributed by atoms with E-state index in [2.05, 4.69) is 5.32 Å². The van der Waals surface area contributed by atoms with Crippen LogP contribution in [0.4, 0.5) is 0 Å². The van der Waals surface area contributed by atoms with Gasteiger partial charge in [-0.25, -0.2) is 0 Å².